The van der Waals surface area contributed by atoms with Crippen LogP contribution in [0.1, 0.15) is 5.56 Å². The lowest BCUT2D eigenvalue weighted by molar-refractivity contribution is -0.393. The zero-order valence-corrected chi connectivity index (χ0v) is 29.0. The molecule has 0 spiro atoms. The van der Waals surface area contributed by atoms with E-state index in [0.29, 0.717) is 92.5 Å². The molecule has 282 valence electrons. The van der Waals surface area contributed by atoms with Crippen LogP contribution in [0, 0.1) is 27.2 Å². The minimum atomic E-state index is -3.79. The predicted octanol–water partition coefficient (Wildman–Crippen LogP) is 2.76. The smallest absolute Gasteiger partial charge is 0.299 e. The van der Waals surface area contributed by atoms with Crippen molar-refractivity contribution in [2.75, 3.05) is 124 Å². The van der Waals surface area contributed by atoms with E-state index in [9.17, 15) is 28.6 Å². The molecule has 0 aliphatic carbocycles. The highest BCUT2D eigenvalue weighted by Gasteiger charge is 2.19. The number of nitro groups is 2. The van der Waals surface area contributed by atoms with Crippen molar-refractivity contribution in [3.8, 4) is 0 Å². The summed E-state index contributed by atoms with van der Waals surface area (Å²) in [5, 5.41) is 24.8. The number of nitrogens with zero attached hydrogens (tertiary/aromatic N) is 2. The van der Waals surface area contributed by atoms with Crippen LogP contribution >= 0.6 is 0 Å². The van der Waals surface area contributed by atoms with Gasteiger partial charge in [-0.3, -0.25) is 24.4 Å². The average Bonchev–Trinajstić information content (AvgIpc) is 3.09. The lowest BCUT2D eigenvalue weighted by Gasteiger charge is -2.09. The molecule has 0 unspecified atom stereocenters. The molecule has 18 nitrogen and oxygen atoms in total. The first-order valence-corrected chi connectivity index (χ1v) is 17.4. The van der Waals surface area contributed by atoms with Crippen LogP contribution in [-0.2, 0) is 52.2 Å². The molecule has 0 radical (unpaired) electrons. The summed E-state index contributed by atoms with van der Waals surface area (Å²) in [5.74, 6) is 0. The van der Waals surface area contributed by atoms with Crippen LogP contribution in [-0.4, -0.2) is 137 Å². The van der Waals surface area contributed by atoms with Gasteiger partial charge in [0.2, 0.25) is 0 Å². The Morgan fingerprint density at radius 3 is 1.36 bits per heavy atom. The van der Waals surface area contributed by atoms with Gasteiger partial charge in [0.1, 0.15) is 5.69 Å². The van der Waals surface area contributed by atoms with E-state index in [1.54, 1.807) is 12.1 Å². The molecule has 2 rings (SSSR count). The third-order valence-corrected chi connectivity index (χ3v) is 7.66. The molecule has 0 amide bonds. The molecular weight excluding hydrogens is 686 g/mol. The van der Waals surface area contributed by atoms with Gasteiger partial charge in [0.05, 0.1) is 133 Å². The van der Waals surface area contributed by atoms with E-state index < -0.39 is 20.0 Å². The predicted molar refractivity (Wildman–Crippen MR) is 179 cm³/mol. The monoisotopic (exact) mass is 733 g/mol. The van der Waals surface area contributed by atoms with Gasteiger partial charge in [-0.25, -0.2) is 0 Å². The first-order chi connectivity index (χ1) is 24.2. The molecule has 0 saturated carbocycles. The summed E-state index contributed by atoms with van der Waals surface area (Å²) in [6.45, 7) is 7.92. The van der Waals surface area contributed by atoms with Gasteiger partial charge < -0.3 is 43.2 Å². The zero-order valence-electron chi connectivity index (χ0n) is 28.2. The molecule has 0 aliphatic rings. The average molecular weight is 734 g/mol. The molecule has 0 aromatic heterocycles. The Labute approximate surface area is 291 Å². The van der Waals surface area contributed by atoms with Crippen molar-refractivity contribution in [2.45, 2.75) is 11.8 Å². The Hall–Kier alpha value is -3.37. The van der Waals surface area contributed by atoms with Gasteiger partial charge in [-0.05, 0) is 25.1 Å². The van der Waals surface area contributed by atoms with Crippen molar-refractivity contribution in [1.29, 1.82) is 0 Å². The molecule has 0 bridgehead atoms. The largest absolute Gasteiger partial charge is 0.377 e. The van der Waals surface area contributed by atoms with Gasteiger partial charge in [0.25, 0.3) is 21.5 Å². The van der Waals surface area contributed by atoms with Crippen LogP contribution < -0.4 is 5.32 Å². The van der Waals surface area contributed by atoms with E-state index >= 15 is 0 Å². The molecule has 50 heavy (non-hydrogen) atoms. The Morgan fingerprint density at radius 1 is 0.560 bits per heavy atom. The van der Waals surface area contributed by atoms with E-state index in [1.807, 2.05) is 6.92 Å². The summed E-state index contributed by atoms with van der Waals surface area (Å²) >= 11 is 0. The number of hydrogen-bond donors (Lipinski definition) is 1. The van der Waals surface area contributed by atoms with Gasteiger partial charge in [-0.15, -0.1) is 0 Å². The fourth-order valence-corrected chi connectivity index (χ4v) is 4.70. The lowest BCUT2D eigenvalue weighted by Crippen LogP contribution is -2.16. The van der Waals surface area contributed by atoms with Crippen LogP contribution in [0.3, 0.4) is 0 Å². The Balaban J connectivity index is 1.25. The fraction of sp³-hybridized carbons (Fsp3) is 0.613. The highest BCUT2D eigenvalue weighted by atomic mass is 32.2. The number of anilines is 1. The second kappa shape index (κ2) is 26.4. The summed E-state index contributed by atoms with van der Waals surface area (Å²) in [5.41, 5.74) is 0.413. The molecular formula is C31H47N3O15S. The van der Waals surface area contributed by atoms with Crippen LogP contribution in [0.15, 0.2) is 47.4 Å². The van der Waals surface area contributed by atoms with Gasteiger partial charge >= 0.3 is 0 Å². The van der Waals surface area contributed by atoms with Crippen LogP contribution in [0.25, 0.3) is 0 Å². The fourth-order valence-electron chi connectivity index (χ4n) is 3.81. The number of rotatable bonds is 32. The van der Waals surface area contributed by atoms with E-state index in [1.165, 1.54) is 24.3 Å². The summed E-state index contributed by atoms with van der Waals surface area (Å²) in [6, 6.07) is 9.84. The number of non-ortho nitro benzene ring substituents is 1. The first-order valence-electron chi connectivity index (χ1n) is 16.0. The highest BCUT2D eigenvalue weighted by Crippen LogP contribution is 2.28. The third kappa shape index (κ3) is 19.7. The first kappa shape index (κ1) is 42.8. The molecule has 0 heterocycles. The molecule has 1 N–H and O–H groups in total. The molecule has 19 heteroatoms. The number of hydrogen-bond acceptors (Lipinski definition) is 16. The van der Waals surface area contributed by atoms with Gasteiger partial charge in [-0.1, -0.05) is 17.7 Å². The Kier molecular flexibility index (Phi) is 22.6. The van der Waals surface area contributed by atoms with E-state index in [2.05, 4.69) is 5.32 Å². The summed E-state index contributed by atoms with van der Waals surface area (Å²) in [7, 11) is -3.79. The van der Waals surface area contributed by atoms with E-state index in [0.717, 1.165) is 11.6 Å². The molecule has 0 saturated heterocycles. The van der Waals surface area contributed by atoms with Crippen LogP contribution in [0.5, 0.6) is 0 Å². The van der Waals surface area contributed by atoms with Gasteiger partial charge in [-0.2, -0.15) is 8.42 Å². The maximum atomic E-state index is 12.1. The maximum Gasteiger partial charge on any atom is 0.299 e. The standard InChI is InChI=1S/C31H47N3O15S/c1-27-2-5-29(6-3-27)50(39,40)49-25-24-48-23-22-47-21-20-46-19-18-45-17-16-44-15-14-43-13-12-42-11-10-41-9-8-32-30-7-4-28(33(35)36)26-31(30)34(37)38/h2-7,26,32H,8-25H2,1H3. The molecule has 2 aromatic carbocycles. The normalized spacial score (nSPS) is 11.5. The third-order valence-electron chi connectivity index (χ3n) is 6.33. The zero-order chi connectivity index (χ0) is 36.3. The highest BCUT2D eigenvalue weighted by molar-refractivity contribution is 7.86. The summed E-state index contributed by atoms with van der Waals surface area (Å²) in [6.07, 6.45) is 0. The molecule has 2 aromatic rings. The van der Waals surface area contributed by atoms with Crippen LogP contribution in [0.2, 0.25) is 0 Å². The minimum absolute atomic E-state index is 0.0778. The topological polar surface area (TPSA) is 216 Å². The van der Waals surface area contributed by atoms with Crippen molar-refractivity contribution in [2.24, 2.45) is 0 Å². The second-order valence-electron chi connectivity index (χ2n) is 10.1. The van der Waals surface area contributed by atoms with E-state index in [-0.39, 0.29) is 48.3 Å². The minimum Gasteiger partial charge on any atom is -0.377 e. The number of aryl methyl sites for hydroxylation is 1. The van der Waals surface area contributed by atoms with Crippen molar-refractivity contribution >= 4 is 27.2 Å². The van der Waals surface area contributed by atoms with Gasteiger partial charge in [0, 0.05) is 12.6 Å². The lowest BCUT2D eigenvalue weighted by atomic mass is 10.2. The maximum absolute atomic E-state index is 12.1. The SMILES string of the molecule is Cc1ccc(S(=O)(=O)OCCOCCOCCOCCOCCOCCOCCOCCOCCNc2ccc([N+](=O)[O-])cc2[N+](=O)[O-])cc1. The van der Waals surface area contributed by atoms with Crippen molar-refractivity contribution in [3.63, 3.8) is 0 Å². The van der Waals surface area contributed by atoms with Crippen LogP contribution in [0.4, 0.5) is 17.1 Å². The Bertz CT molecular complexity index is 1330. The van der Waals surface area contributed by atoms with Crippen molar-refractivity contribution in [1.82, 2.24) is 0 Å². The Morgan fingerprint density at radius 2 is 0.960 bits per heavy atom. The quantitative estimate of drug-likeness (QED) is 0.0495. The molecule has 0 fully saturated rings. The summed E-state index contributed by atoms with van der Waals surface area (Å²) in [4.78, 5) is 20.7. The number of ether oxygens (including phenoxy) is 8. The van der Waals surface area contributed by atoms with E-state index in [4.69, 9.17) is 42.1 Å². The number of nitro benzene ring substituents is 2. The summed E-state index contributed by atoms with van der Waals surface area (Å²) < 4.78 is 72.4. The number of nitrogens with one attached hydrogen (secondary N) is 1. The molecule has 0 atom stereocenters. The second-order valence-corrected chi connectivity index (χ2v) is 11.7. The van der Waals surface area contributed by atoms with Gasteiger partial charge in [0.15, 0.2) is 0 Å². The van der Waals surface area contributed by atoms with Crippen molar-refractivity contribution < 1.29 is 60.3 Å². The number of benzene rings is 2. The van der Waals surface area contributed by atoms with Crippen molar-refractivity contribution in [3.05, 3.63) is 68.3 Å². The molecule has 0 aliphatic heterocycles.